The van der Waals surface area contributed by atoms with Crippen LogP contribution in [0.25, 0.3) is 0 Å². The van der Waals surface area contributed by atoms with Crippen molar-refractivity contribution in [2.45, 2.75) is 32.4 Å². The number of benzene rings is 1. The van der Waals surface area contributed by atoms with Gasteiger partial charge < -0.3 is 20.1 Å². The Morgan fingerprint density at radius 3 is 2.73 bits per heavy atom. The number of rotatable bonds is 2. The Balaban J connectivity index is 2.09. The highest BCUT2D eigenvalue weighted by atomic mass is 16.6. The summed E-state index contributed by atoms with van der Waals surface area (Å²) in [6.07, 6.45) is -0.339. The fraction of sp³-hybridized carbons (Fsp3) is 0.500. The van der Waals surface area contributed by atoms with Crippen LogP contribution in [0.5, 0.6) is 0 Å². The lowest BCUT2D eigenvalue weighted by Gasteiger charge is -2.35. The van der Waals surface area contributed by atoms with Gasteiger partial charge in [-0.1, -0.05) is 12.1 Å². The van der Waals surface area contributed by atoms with Gasteiger partial charge in [0.1, 0.15) is 5.60 Å². The van der Waals surface area contributed by atoms with Crippen molar-refractivity contribution in [3.8, 4) is 0 Å². The summed E-state index contributed by atoms with van der Waals surface area (Å²) in [4.78, 5) is 24.9. The lowest BCUT2D eigenvalue weighted by Crippen LogP contribution is -2.49. The van der Waals surface area contributed by atoms with Gasteiger partial charge >= 0.3 is 12.1 Å². The van der Waals surface area contributed by atoms with Crippen LogP contribution in [0.4, 0.5) is 4.79 Å². The number of ether oxygens (including phenoxy) is 1. The molecule has 1 saturated heterocycles. The van der Waals surface area contributed by atoms with Gasteiger partial charge in [-0.3, -0.25) is 0 Å². The van der Waals surface area contributed by atoms with Crippen molar-refractivity contribution in [2.75, 3.05) is 19.6 Å². The molecule has 1 heterocycles. The summed E-state index contributed by atoms with van der Waals surface area (Å²) < 4.78 is 5.39. The summed E-state index contributed by atoms with van der Waals surface area (Å²) in [6, 6.07) is 6.68. The van der Waals surface area contributed by atoms with E-state index in [9.17, 15) is 9.59 Å². The van der Waals surface area contributed by atoms with Gasteiger partial charge in [0.2, 0.25) is 0 Å². The maximum atomic E-state index is 12.1. The van der Waals surface area contributed by atoms with Crippen molar-refractivity contribution in [3.63, 3.8) is 0 Å². The number of carboxylic acid groups (broad SMARTS) is 1. The third-order valence-corrected chi connectivity index (χ3v) is 3.36. The van der Waals surface area contributed by atoms with Crippen molar-refractivity contribution < 1.29 is 19.4 Å². The van der Waals surface area contributed by atoms with Crippen LogP contribution < -0.4 is 5.32 Å². The molecule has 120 valence electrons. The van der Waals surface area contributed by atoms with E-state index in [-0.39, 0.29) is 17.7 Å². The Labute approximate surface area is 130 Å². The second-order valence-electron chi connectivity index (χ2n) is 6.36. The van der Waals surface area contributed by atoms with Crippen LogP contribution in [-0.2, 0) is 4.74 Å². The molecule has 1 amide bonds. The van der Waals surface area contributed by atoms with Gasteiger partial charge in [-0.2, -0.15) is 0 Å². The van der Waals surface area contributed by atoms with Crippen molar-refractivity contribution in [3.05, 3.63) is 35.4 Å². The number of hydrogen-bond donors (Lipinski definition) is 2. The highest BCUT2D eigenvalue weighted by molar-refractivity contribution is 5.87. The number of piperazine rings is 1. The van der Waals surface area contributed by atoms with E-state index in [1.807, 2.05) is 26.8 Å². The number of carbonyl (C=O) groups is 2. The molecule has 1 fully saturated rings. The Morgan fingerprint density at radius 1 is 1.36 bits per heavy atom. The average molecular weight is 306 g/mol. The van der Waals surface area contributed by atoms with Crippen LogP contribution in [0.2, 0.25) is 0 Å². The Hall–Kier alpha value is -2.08. The molecule has 2 N–H and O–H groups in total. The molecular formula is C16H22N2O4. The number of aromatic carboxylic acids is 1. The monoisotopic (exact) mass is 306 g/mol. The van der Waals surface area contributed by atoms with Gasteiger partial charge in [0.25, 0.3) is 0 Å². The Morgan fingerprint density at radius 2 is 2.09 bits per heavy atom. The van der Waals surface area contributed by atoms with Crippen LogP contribution in [-0.4, -0.2) is 47.3 Å². The smallest absolute Gasteiger partial charge is 0.410 e. The first-order valence-electron chi connectivity index (χ1n) is 7.31. The zero-order chi connectivity index (χ0) is 16.3. The van der Waals surface area contributed by atoms with Crippen LogP contribution in [0.15, 0.2) is 24.3 Å². The lowest BCUT2D eigenvalue weighted by atomic mass is 10.0. The summed E-state index contributed by atoms with van der Waals surface area (Å²) in [5.74, 6) is -0.957. The number of hydrogen-bond acceptors (Lipinski definition) is 4. The highest BCUT2D eigenvalue weighted by Crippen LogP contribution is 2.20. The molecule has 0 spiro atoms. The molecule has 1 atom stereocenters. The van der Waals surface area contributed by atoms with E-state index in [1.54, 1.807) is 23.1 Å². The minimum Gasteiger partial charge on any atom is -0.478 e. The van der Waals surface area contributed by atoms with Crippen LogP contribution in [0.1, 0.15) is 42.7 Å². The molecule has 6 nitrogen and oxygen atoms in total. The van der Waals surface area contributed by atoms with E-state index in [4.69, 9.17) is 9.84 Å². The summed E-state index contributed by atoms with van der Waals surface area (Å²) in [5.41, 5.74) is 0.572. The van der Waals surface area contributed by atoms with E-state index in [0.717, 1.165) is 5.56 Å². The second kappa shape index (κ2) is 6.36. The SMILES string of the molecule is CC(C)(C)OC(=O)N1CCN[C@H](c2cccc(C(=O)O)c2)C1. The van der Waals surface area contributed by atoms with Crippen molar-refractivity contribution in [2.24, 2.45) is 0 Å². The molecule has 1 aliphatic rings. The van der Waals surface area contributed by atoms with E-state index in [1.165, 1.54) is 0 Å². The van der Waals surface area contributed by atoms with Crippen LogP contribution in [0, 0.1) is 0 Å². The molecule has 0 aliphatic carbocycles. The zero-order valence-electron chi connectivity index (χ0n) is 13.1. The number of carbonyl (C=O) groups excluding carboxylic acids is 1. The van der Waals surface area contributed by atoms with Crippen molar-refractivity contribution >= 4 is 12.1 Å². The molecule has 0 bridgehead atoms. The van der Waals surface area contributed by atoms with Crippen LogP contribution in [0.3, 0.4) is 0 Å². The van der Waals surface area contributed by atoms with E-state index in [0.29, 0.717) is 19.6 Å². The van der Waals surface area contributed by atoms with Gasteiger partial charge in [-0.25, -0.2) is 9.59 Å². The maximum Gasteiger partial charge on any atom is 0.410 e. The van der Waals surface area contributed by atoms with E-state index >= 15 is 0 Å². The summed E-state index contributed by atoms with van der Waals surface area (Å²) in [6.45, 7) is 7.17. The third-order valence-electron chi connectivity index (χ3n) is 3.36. The first kappa shape index (κ1) is 16.3. The molecule has 22 heavy (non-hydrogen) atoms. The largest absolute Gasteiger partial charge is 0.478 e. The molecular weight excluding hydrogens is 284 g/mol. The van der Waals surface area contributed by atoms with Gasteiger partial charge in [-0.05, 0) is 38.5 Å². The molecule has 1 aliphatic heterocycles. The summed E-state index contributed by atoms with van der Waals surface area (Å²) >= 11 is 0. The van der Waals surface area contributed by atoms with Gasteiger partial charge in [0.05, 0.1) is 11.6 Å². The normalized spacial score (nSPS) is 18.9. The second-order valence-corrected chi connectivity index (χ2v) is 6.36. The number of nitrogens with zero attached hydrogens (tertiary/aromatic N) is 1. The molecule has 2 rings (SSSR count). The maximum absolute atomic E-state index is 12.1. The first-order chi connectivity index (χ1) is 10.3. The minimum atomic E-state index is -0.957. The average Bonchev–Trinajstić information content (AvgIpc) is 2.46. The van der Waals surface area contributed by atoms with E-state index in [2.05, 4.69) is 5.32 Å². The topological polar surface area (TPSA) is 78.9 Å². The molecule has 0 radical (unpaired) electrons. The summed E-state index contributed by atoms with van der Waals surface area (Å²) in [7, 11) is 0. The summed E-state index contributed by atoms with van der Waals surface area (Å²) in [5, 5.41) is 12.4. The highest BCUT2D eigenvalue weighted by Gasteiger charge is 2.28. The molecule has 1 aromatic rings. The zero-order valence-corrected chi connectivity index (χ0v) is 13.1. The molecule has 6 heteroatoms. The van der Waals surface area contributed by atoms with E-state index < -0.39 is 11.6 Å². The van der Waals surface area contributed by atoms with Crippen molar-refractivity contribution in [1.29, 1.82) is 0 Å². The Bertz CT molecular complexity index is 566. The van der Waals surface area contributed by atoms with Gasteiger partial charge in [0, 0.05) is 19.6 Å². The van der Waals surface area contributed by atoms with Crippen LogP contribution >= 0.6 is 0 Å². The number of nitrogens with one attached hydrogen (secondary N) is 1. The molecule has 1 aromatic carbocycles. The third kappa shape index (κ3) is 4.21. The number of carboxylic acids is 1. The Kier molecular flexibility index (Phi) is 4.71. The van der Waals surface area contributed by atoms with Crippen molar-refractivity contribution in [1.82, 2.24) is 10.2 Å². The van der Waals surface area contributed by atoms with Gasteiger partial charge in [-0.15, -0.1) is 0 Å². The standard InChI is InChI=1S/C16H22N2O4/c1-16(2,3)22-15(21)18-8-7-17-13(10-18)11-5-4-6-12(9-11)14(19)20/h4-6,9,13,17H,7-8,10H2,1-3H3,(H,19,20)/t13-/m0/s1. The number of amides is 1. The predicted molar refractivity (Wildman–Crippen MR) is 82.0 cm³/mol. The lowest BCUT2D eigenvalue weighted by molar-refractivity contribution is 0.0194. The van der Waals surface area contributed by atoms with Gasteiger partial charge in [0.15, 0.2) is 0 Å². The molecule has 0 saturated carbocycles. The first-order valence-corrected chi connectivity index (χ1v) is 7.31. The minimum absolute atomic E-state index is 0.0967. The molecule has 0 unspecified atom stereocenters. The predicted octanol–water partition coefficient (Wildman–Crippen LogP) is 2.27. The fourth-order valence-corrected chi connectivity index (χ4v) is 2.35. The molecule has 0 aromatic heterocycles. The fourth-order valence-electron chi connectivity index (χ4n) is 2.35. The quantitative estimate of drug-likeness (QED) is 0.876.